The van der Waals surface area contributed by atoms with Crippen LogP contribution in [0.1, 0.15) is 64.2 Å². The van der Waals surface area contributed by atoms with Crippen molar-refractivity contribution in [2.24, 2.45) is 0 Å². The van der Waals surface area contributed by atoms with Gasteiger partial charge in [-0.05, 0) is 25.3 Å². The van der Waals surface area contributed by atoms with Crippen molar-refractivity contribution in [2.45, 2.75) is 64.2 Å². The fourth-order valence-electron chi connectivity index (χ4n) is 2.26. The van der Waals surface area contributed by atoms with Gasteiger partial charge in [-0.25, -0.2) is 0 Å². The molecule has 2 heteroatoms. The molecule has 0 bridgehead atoms. The van der Waals surface area contributed by atoms with Crippen LogP contribution >= 0.6 is 0 Å². The summed E-state index contributed by atoms with van der Waals surface area (Å²) in [5.74, 6) is 1.20. The van der Waals surface area contributed by atoms with Gasteiger partial charge in [0.25, 0.3) is 0 Å². The summed E-state index contributed by atoms with van der Waals surface area (Å²) in [5, 5.41) is 0. The monoisotopic (exact) mass is 240 g/mol. The van der Waals surface area contributed by atoms with Crippen molar-refractivity contribution in [2.75, 3.05) is 20.3 Å². The van der Waals surface area contributed by atoms with Gasteiger partial charge in [0.05, 0.1) is 12.4 Å². The second-order valence-corrected chi connectivity index (χ2v) is 4.88. The third-order valence-electron chi connectivity index (χ3n) is 3.32. The standard InChI is InChI=1S/C15H28O2/c1-16-13-14-17-15-11-9-7-5-3-2-4-6-8-10-12-15/h11H,2-10,12-14H2,1H3/b15-11+. The third kappa shape index (κ3) is 8.25. The van der Waals surface area contributed by atoms with Crippen LogP contribution in [0.3, 0.4) is 0 Å². The quantitative estimate of drug-likeness (QED) is 0.676. The maximum absolute atomic E-state index is 5.76. The minimum absolute atomic E-state index is 0.692. The van der Waals surface area contributed by atoms with E-state index >= 15 is 0 Å². The van der Waals surface area contributed by atoms with E-state index in [1.165, 1.54) is 63.5 Å². The fourth-order valence-corrected chi connectivity index (χ4v) is 2.26. The van der Waals surface area contributed by atoms with Crippen molar-refractivity contribution in [3.05, 3.63) is 11.8 Å². The maximum Gasteiger partial charge on any atom is 0.111 e. The molecule has 0 amide bonds. The average molecular weight is 240 g/mol. The van der Waals surface area contributed by atoms with Crippen LogP contribution in [0.4, 0.5) is 0 Å². The van der Waals surface area contributed by atoms with E-state index in [1.54, 1.807) is 7.11 Å². The molecule has 0 unspecified atom stereocenters. The minimum atomic E-state index is 0.692. The zero-order valence-corrected chi connectivity index (χ0v) is 11.4. The number of rotatable bonds is 4. The molecule has 0 fully saturated rings. The lowest BCUT2D eigenvalue weighted by Gasteiger charge is -2.11. The molecule has 100 valence electrons. The van der Waals surface area contributed by atoms with Crippen molar-refractivity contribution >= 4 is 0 Å². The second kappa shape index (κ2) is 10.6. The van der Waals surface area contributed by atoms with E-state index in [1.807, 2.05) is 0 Å². The van der Waals surface area contributed by atoms with Gasteiger partial charge in [0.15, 0.2) is 0 Å². The van der Waals surface area contributed by atoms with Gasteiger partial charge in [-0.15, -0.1) is 0 Å². The first kappa shape index (κ1) is 14.6. The van der Waals surface area contributed by atoms with Gasteiger partial charge in [0.2, 0.25) is 0 Å². The highest BCUT2D eigenvalue weighted by molar-refractivity contribution is 4.93. The lowest BCUT2D eigenvalue weighted by Crippen LogP contribution is -2.02. The van der Waals surface area contributed by atoms with Gasteiger partial charge in [0, 0.05) is 13.5 Å². The Balaban J connectivity index is 2.28. The smallest absolute Gasteiger partial charge is 0.111 e. The van der Waals surface area contributed by atoms with Crippen molar-refractivity contribution in [1.82, 2.24) is 0 Å². The van der Waals surface area contributed by atoms with E-state index in [9.17, 15) is 0 Å². The molecule has 1 rings (SSSR count). The Morgan fingerprint density at radius 3 is 2.24 bits per heavy atom. The molecule has 0 aromatic heterocycles. The number of allylic oxidation sites excluding steroid dienone is 2. The van der Waals surface area contributed by atoms with E-state index in [2.05, 4.69) is 6.08 Å². The maximum atomic E-state index is 5.76. The predicted molar refractivity (Wildman–Crippen MR) is 72.1 cm³/mol. The van der Waals surface area contributed by atoms with E-state index in [0.29, 0.717) is 13.2 Å². The first-order chi connectivity index (χ1) is 8.43. The third-order valence-corrected chi connectivity index (χ3v) is 3.32. The molecule has 0 heterocycles. The van der Waals surface area contributed by atoms with Crippen LogP contribution in [0.25, 0.3) is 0 Å². The average Bonchev–Trinajstić information content (AvgIpc) is 2.32. The minimum Gasteiger partial charge on any atom is -0.496 e. The molecule has 17 heavy (non-hydrogen) atoms. The van der Waals surface area contributed by atoms with Crippen LogP contribution in [-0.4, -0.2) is 20.3 Å². The number of ether oxygens (including phenoxy) is 2. The first-order valence-corrected chi connectivity index (χ1v) is 7.24. The molecular formula is C15H28O2. The zero-order chi connectivity index (χ0) is 12.2. The van der Waals surface area contributed by atoms with Crippen LogP contribution in [0, 0.1) is 0 Å². The van der Waals surface area contributed by atoms with Crippen LogP contribution in [0.5, 0.6) is 0 Å². The summed E-state index contributed by atoms with van der Waals surface area (Å²) >= 11 is 0. The lowest BCUT2D eigenvalue weighted by molar-refractivity contribution is 0.105. The van der Waals surface area contributed by atoms with E-state index in [4.69, 9.17) is 9.47 Å². The molecule has 0 aliphatic heterocycles. The highest BCUT2D eigenvalue weighted by Crippen LogP contribution is 2.17. The summed E-state index contributed by atoms with van der Waals surface area (Å²) in [4.78, 5) is 0. The first-order valence-electron chi connectivity index (χ1n) is 7.24. The SMILES string of the molecule is COCCO/C1=C/CCCCCCCCCC1. The topological polar surface area (TPSA) is 18.5 Å². The predicted octanol–water partition coefficient (Wildman–Crippen LogP) is 4.45. The Hall–Kier alpha value is -0.500. The molecule has 0 saturated heterocycles. The molecular weight excluding hydrogens is 212 g/mol. The van der Waals surface area contributed by atoms with Gasteiger partial charge >= 0.3 is 0 Å². The summed E-state index contributed by atoms with van der Waals surface area (Å²) in [6.45, 7) is 1.39. The van der Waals surface area contributed by atoms with Gasteiger partial charge in [-0.1, -0.05) is 38.5 Å². The molecule has 1 aliphatic carbocycles. The number of hydrogen-bond acceptors (Lipinski definition) is 2. The van der Waals surface area contributed by atoms with Gasteiger partial charge in [-0.2, -0.15) is 0 Å². The normalized spacial score (nSPS) is 23.0. The van der Waals surface area contributed by atoms with Gasteiger partial charge in [-0.3, -0.25) is 0 Å². The van der Waals surface area contributed by atoms with Crippen molar-refractivity contribution < 1.29 is 9.47 Å². The van der Waals surface area contributed by atoms with Crippen molar-refractivity contribution in [3.8, 4) is 0 Å². The summed E-state index contributed by atoms with van der Waals surface area (Å²) in [6, 6.07) is 0. The Labute approximate surface area is 106 Å². The molecule has 0 saturated carbocycles. The highest BCUT2D eigenvalue weighted by Gasteiger charge is 2.01. The molecule has 0 spiro atoms. The largest absolute Gasteiger partial charge is 0.496 e. The Morgan fingerprint density at radius 1 is 0.882 bits per heavy atom. The van der Waals surface area contributed by atoms with Crippen molar-refractivity contribution in [1.29, 1.82) is 0 Å². The lowest BCUT2D eigenvalue weighted by atomic mass is 10.0. The number of hydrogen-bond donors (Lipinski definition) is 0. The summed E-state index contributed by atoms with van der Waals surface area (Å²) in [5.41, 5.74) is 0. The van der Waals surface area contributed by atoms with Crippen LogP contribution < -0.4 is 0 Å². The Bertz CT molecular complexity index is 199. The van der Waals surface area contributed by atoms with E-state index in [-0.39, 0.29) is 0 Å². The molecule has 2 nitrogen and oxygen atoms in total. The van der Waals surface area contributed by atoms with Gasteiger partial charge in [0.1, 0.15) is 6.61 Å². The van der Waals surface area contributed by atoms with Gasteiger partial charge < -0.3 is 9.47 Å². The number of methoxy groups -OCH3 is 1. The van der Waals surface area contributed by atoms with E-state index < -0.39 is 0 Å². The Kier molecular flexibility index (Phi) is 9.11. The highest BCUT2D eigenvalue weighted by atomic mass is 16.5. The van der Waals surface area contributed by atoms with Crippen LogP contribution in [0.15, 0.2) is 11.8 Å². The zero-order valence-electron chi connectivity index (χ0n) is 11.4. The van der Waals surface area contributed by atoms with Crippen LogP contribution in [-0.2, 0) is 9.47 Å². The van der Waals surface area contributed by atoms with Crippen LogP contribution in [0.2, 0.25) is 0 Å². The second-order valence-electron chi connectivity index (χ2n) is 4.88. The molecule has 0 N–H and O–H groups in total. The summed E-state index contributed by atoms with van der Waals surface area (Å²) in [6.07, 6.45) is 15.6. The van der Waals surface area contributed by atoms with E-state index in [0.717, 1.165) is 6.42 Å². The molecule has 0 atom stereocenters. The van der Waals surface area contributed by atoms with Crippen molar-refractivity contribution in [3.63, 3.8) is 0 Å². The summed E-state index contributed by atoms with van der Waals surface area (Å²) in [7, 11) is 1.72. The Morgan fingerprint density at radius 2 is 1.53 bits per heavy atom. The molecule has 1 aliphatic rings. The fraction of sp³-hybridized carbons (Fsp3) is 0.867. The summed E-state index contributed by atoms with van der Waals surface area (Å²) < 4.78 is 10.8. The molecule has 0 radical (unpaired) electrons. The molecule has 0 aromatic carbocycles. The molecule has 0 aromatic rings.